The average molecular weight is 278 g/mol. The fourth-order valence-corrected chi connectivity index (χ4v) is 2.22. The molecule has 0 saturated carbocycles. The molecule has 21 heavy (non-hydrogen) atoms. The summed E-state index contributed by atoms with van der Waals surface area (Å²) >= 11 is 0. The number of fused-ring (bicyclic) bond motifs is 1. The maximum Gasteiger partial charge on any atom is 0.252 e. The van der Waals surface area contributed by atoms with Gasteiger partial charge in [-0.15, -0.1) is 0 Å². The van der Waals surface area contributed by atoms with Gasteiger partial charge < -0.3 is 10.3 Å². The smallest absolute Gasteiger partial charge is 0.252 e. The van der Waals surface area contributed by atoms with Crippen LogP contribution in [0.3, 0.4) is 0 Å². The van der Waals surface area contributed by atoms with Gasteiger partial charge in [-0.05, 0) is 29.7 Å². The minimum absolute atomic E-state index is 0.0507. The van der Waals surface area contributed by atoms with Crippen LogP contribution in [-0.2, 0) is 11.2 Å². The topological polar surface area (TPSA) is 62.0 Å². The molecule has 3 rings (SSSR count). The number of amides is 1. The molecule has 3 aromatic rings. The van der Waals surface area contributed by atoms with E-state index in [4.69, 9.17) is 0 Å². The highest BCUT2D eigenvalue weighted by Gasteiger charge is 2.08. The van der Waals surface area contributed by atoms with Gasteiger partial charge in [0.15, 0.2) is 0 Å². The summed E-state index contributed by atoms with van der Waals surface area (Å²) in [4.78, 5) is 26.8. The standard InChI is InChI=1S/C17H14N2O2/c20-16(18-14-7-2-1-3-8-14)11-13-10-12-6-4-5-9-15(12)19-17(13)21/h1-10H,11H2,(H,18,20)(H,19,21). The lowest BCUT2D eigenvalue weighted by molar-refractivity contribution is -0.115. The molecule has 0 radical (unpaired) electrons. The van der Waals surface area contributed by atoms with Gasteiger partial charge in [0.2, 0.25) is 5.91 Å². The molecular weight excluding hydrogens is 264 g/mol. The summed E-state index contributed by atoms with van der Waals surface area (Å²) < 4.78 is 0. The van der Waals surface area contributed by atoms with Crippen molar-refractivity contribution in [2.24, 2.45) is 0 Å². The maximum absolute atomic E-state index is 12.0. The summed E-state index contributed by atoms with van der Waals surface area (Å²) in [6, 6.07) is 18.5. The van der Waals surface area contributed by atoms with E-state index in [-0.39, 0.29) is 17.9 Å². The first-order chi connectivity index (χ1) is 10.2. The number of H-pyrrole nitrogens is 1. The molecule has 0 atom stereocenters. The molecule has 1 amide bonds. The monoisotopic (exact) mass is 278 g/mol. The predicted octanol–water partition coefficient (Wildman–Crippen LogP) is 2.71. The molecule has 1 heterocycles. The zero-order valence-electron chi connectivity index (χ0n) is 11.3. The number of aromatic nitrogens is 1. The first kappa shape index (κ1) is 13.1. The van der Waals surface area contributed by atoms with Crippen molar-refractivity contribution < 1.29 is 4.79 Å². The number of hydrogen-bond donors (Lipinski definition) is 2. The third-order valence-corrected chi connectivity index (χ3v) is 3.24. The molecule has 4 nitrogen and oxygen atoms in total. The van der Waals surface area contributed by atoms with Crippen LogP contribution in [0.4, 0.5) is 5.69 Å². The molecule has 1 aromatic heterocycles. The van der Waals surface area contributed by atoms with Crippen LogP contribution in [0, 0.1) is 0 Å². The van der Waals surface area contributed by atoms with Crippen molar-refractivity contribution in [3.63, 3.8) is 0 Å². The Labute approximate surface area is 121 Å². The Hall–Kier alpha value is -2.88. The third-order valence-electron chi connectivity index (χ3n) is 3.24. The van der Waals surface area contributed by atoms with Crippen LogP contribution >= 0.6 is 0 Å². The first-order valence-corrected chi connectivity index (χ1v) is 6.68. The zero-order valence-corrected chi connectivity index (χ0v) is 11.3. The van der Waals surface area contributed by atoms with Gasteiger partial charge in [0.05, 0.1) is 6.42 Å². The molecule has 0 unspecified atom stereocenters. The van der Waals surface area contributed by atoms with E-state index in [1.807, 2.05) is 54.6 Å². The number of anilines is 1. The van der Waals surface area contributed by atoms with Crippen LogP contribution in [0.25, 0.3) is 10.9 Å². The molecular formula is C17H14N2O2. The van der Waals surface area contributed by atoms with Gasteiger partial charge in [-0.1, -0.05) is 36.4 Å². The SMILES string of the molecule is O=C(Cc1cc2ccccc2[nH]c1=O)Nc1ccccc1. The minimum Gasteiger partial charge on any atom is -0.326 e. The highest BCUT2D eigenvalue weighted by atomic mass is 16.2. The largest absolute Gasteiger partial charge is 0.326 e. The molecule has 0 spiro atoms. The predicted molar refractivity (Wildman–Crippen MR) is 83.3 cm³/mol. The van der Waals surface area contributed by atoms with Gasteiger partial charge in [-0.25, -0.2) is 0 Å². The fraction of sp³-hybridized carbons (Fsp3) is 0.0588. The molecule has 0 aliphatic carbocycles. The number of carbonyl (C=O) groups excluding carboxylic acids is 1. The molecule has 4 heteroatoms. The van der Waals surface area contributed by atoms with Gasteiger partial charge in [-0.2, -0.15) is 0 Å². The number of hydrogen-bond acceptors (Lipinski definition) is 2. The Kier molecular flexibility index (Phi) is 3.51. The van der Waals surface area contributed by atoms with Gasteiger partial charge in [0, 0.05) is 16.8 Å². The van der Waals surface area contributed by atoms with E-state index < -0.39 is 0 Å². The van der Waals surface area contributed by atoms with Crippen LogP contribution in [0.1, 0.15) is 5.56 Å². The van der Waals surface area contributed by atoms with Gasteiger partial charge >= 0.3 is 0 Å². The second kappa shape index (κ2) is 5.63. The quantitative estimate of drug-likeness (QED) is 0.773. The van der Waals surface area contributed by atoms with Crippen LogP contribution < -0.4 is 10.9 Å². The highest BCUT2D eigenvalue weighted by molar-refractivity contribution is 5.92. The van der Waals surface area contributed by atoms with E-state index in [1.54, 1.807) is 6.07 Å². The molecule has 0 saturated heterocycles. The number of carbonyl (C=O) groups is 1. The van der Waals surface area contributed by atoms with E-state index in [0.29, 0.717) is 5.56 Å². The number of nitrogens with one attached hydrogen (secondary N) is 2. The van der Waals surface area contributed by atoms with Crippen molar-refractivity contribution in [1.29, 1.82) is 0 Å². The summed E-state index contributed by atoms with van der Waals surface area (Å²) in [5.74, 6) is -0.206. The maximum atomic E-state index is 12.0. The Bertz CT molecular complexity index is 838. The summed E-state index contributed by atoms with van der Waals surface area (Å²) in [5, 5.41) is 3.69. The van der Waals surface area contributed by atoms with Gasteiger partial charge in [-0.3, -0.25) is 9.59 Å². The van der Waals surface area contributed by atoms with Crippen LogP contribution in [0.15, 0.2) is 65.5 Å². The van der Waals surface area contributed by atoms with Crippen molar-refractivity contribution in [2.75, 3.05) is 5.32 Å². The van der Waals surface area contributed by atoms with E-state index in [9.17, 15) is 9.59 Å². The molecule has 104 valence electrons. The molecule has 0 aliphatic heterocycles. The van der Waals surface area contributed by atoms with Crippen molar-refractivity contribution in [3.8, 4) is 0 Å². The lowest BCUT2D eigenvalue weighted by Gasteiger charge is -2.05. The van der Waals surface area contributed by atoms with Crippen LogP contribution in [0.2, 0.25) is 0 Å². The Morgan fingerprint density at radius 2 is 1.71 bits per heavy atom. The lowest BCUT2D eigenvalue weighted by atomic mass is 10.1. The highest BCUT2D eigenvalue weighted by Crippen LogP contribution is 2.11. The van der Waals surface area contributed by atoms with E-state index in [2.05, 4.69) is 10.3 Å². The van der Waals surface area contributed by atoms with Crippen molar-refractivity contribution >= 4 is 22.5 Å². The summed E-state index contributed by atoms with van der Waals surface area (Å²) in [7, 11) is 0. The number of rotatable bonds is 3. The third kappa shape index (κ3) is 3.00. The molecule has 0 bridgehead atoms. The molecule has 2 N–H and O–H groups in total. The van der Waals surface area contributed by atoms with Crippen molar-refractivity contribution in [3.05, 3.63) is 76.6 Å². The van der Waals surface area contributed by atoms with Crippen LogP contribution in [0.5, 0.6) is 0 Å². The van der Waals surface area contributed by atoms with E-state index in [0.717, 1.165) is 16.6 Å². The fourth-order valence-electron chi connectivity index (χ4n) is 2.22. The van der Waals surface area contributed by atoms with E-state index >= 15 is 0 Å². The Morgan fingerprint density at radius 1 is 1.00 bits per heavy atom. The summed E-state index contributed by atoms with van der Waals surface area (Å²) in [5.41, 5.74) is 1.73. The van der Waals surface area contributed by atoms with E-state index in [1.165, 1.54) is 0 Å². The number of pyridine rings is 1. The van der Waals surface area contributed by atoms with Gasteiger partial charge in [0.25, 0.3) is 5.56 Å². The lowest BCUT2D eigenvalue weighted by Crippen LogP contribution is -2.20. The number of benzene rings is 2. The Morgan fingerprint density at radius 3 is 2.52 bits per heavy atom. The molecule has 0 fully saturated rings. The van der Waals surface area contributed by atoms with Crippen LogP contribution in [-0.4, -0.2) is 10.9 Å². The number of para-hydroxylation sites is 2. The average Bonchev–Trinajstić information content (AvgIpc) is 2.49. The number of aromatic amines is 1. The van der Waals surface area contributed by atoms with Crippen molar-refractivity contribution in [2.45, 2.75) is 6.42 Å². The van der Waals surface area contributed by atoms with Gasteiger partial charge in [0.1, 0.15) is 0 Å². The summed E-state index contributed by atoms with van der Waals surface area (Å²) in [6.45, 7) is 0. The van der Waals surface area contributed by atoms with Crippen molar-refractivity contribution in [1.82, 2.24) is 4.98 Å². The second-order valence-electron chi connectivity index (χ2n) is 4.80. The normalized spacial score (nSPS) is 10.5. The first-order valence-electron chi connectivity index (χ1n) is 6.68. The minimum atomic E-state index is -0.225. The molecule has 2 aromatic carbocycles. The summed E-state index contributed by atoms with van der Waals surface area (Å²) in [6.07, 6.45) is 0.0507. The Balaban J connectivity index is 1.83. The second-order valence-corrected chi connectivity index (χ2v) is 4.80. The molecule has 0 aliphatic rings. The zero-order chi connectivity index (χ0) is 14.7.